The summed E-state index contributed by atoms with van der Waals surface area (Å²) in [5, 5.41) is 0. The molecule has 0 fully saturated rings. The van der Waals surface area contributed by atoms with Crippen molar-refractivity contribution in [2.45, 2.75) is 13.1 Å². The second-order valence-electron chi connectivity index (χ2n) is 18.2. The van der Waals surface area contributed by atoms with Crippen LogP contribution in [-0.2, 0) is 13.1 Å². The number of hydrogen-bond acceptors (Lipinski definition) is 2. The highest BCUT2D eigenvalue weighted by molar-refractivity contribution is 5.99. The molecule has 0 bridgehead atoms. The summed E-state index contributed by atoms with van der Waals surface area (Å²) in [6.07, 6.45) is 8.74. The molecule has 0 aliphatic heterocycles. The molecule has 0 saturated heterocycles. The van der Waals surface area contributed by atoms with Crippen molar-refractivity contribution in [3.05, 3.63) is 291 Å². The summed E-state index contributed by atoms with van der Waals surface area (Å²) in [6, 6.07) is 90.9. The summed E-state index contributed by atoms with van der Waals surface area (Å²) in [5.74, 6) is 0. The quantitative estimate of drug-likeness (QED) is 0.114. The number of rotatable bonds is 12. The fourth-order valence-corrected chi connectivity index (χ4v) is 10.0. The standard InChI is InChI=1S/C68H50N4/c1-7-21-49(22-8-1)57-43-59(51-25-11-3-12-26-51)67(60(44-57)52-27-13-4-14-28-52)55-35-39-71(40-36-55)47-65-66(70-64-34-20-19-33-63(64)69-65)48-72-41-37-56(38-42-72)68-61(53-29-15-5-16-30-53)45-58(50-23-9-2-10-24-50)46-62(68)54-31-17-6-18-32-54/h1-46H,47-48H2/q+2. The lowest BCUT2D eigenvalue weighted by Gasteiger charge is -2.19. The molecule has 0 saturated carbocycles. The van der Waals surface area contributed by atoms with Crippen molar-refractivity contribution in [2.75, 3.05) is 0 Å². The van der Waals surface area contributed by atoms with Gasteiger partial charge in [0.15, 0.2) is 37.9 Å². The summed E-state index contributed by atoms with van der Waals surface area (Å²) in [5.41, 5.74) is 22.5. The molecular formula is C68H50N4+2. The zero-order chi connectivity index (χ0) is 48.1. The third-order valence-electron chi connectivity index (χ3n) is 13.6. The molecule has 72 heavy (non-hydrogen) atoms. The number of aromatic nitrogens is 4. The number of fused-ring (bicyclic) bond motifs is 1. The molecule has 0 radical (unpaired) electrons. The van der Waals surface area contributed by atoms with Crippen LogP contribution in [0.25, 0.3) is 100 Å². The zero-order valence-corrected chi connectivity index (χ0v) is 39.8. The molecule has 0 atom stereocenters. The highest BCUT2D eigenvalue weighted by Crippen LogP contribution is 2.45. The van der Waals surface area contributed by atoms with Crippen molar-refractivity contribution in [3.8, 4) is 89.0 Å². The Labute approximate surface area is 421 Å². The molecule has 3 aromatic heterocycles. The van der Waals surface area contributed by atoms with Gasteiger partial charge in [0.2, 0.25) is 0 Å². The SMILES string of the molecule is c1ccc(-c2cc(-c3ccccc3)c(-c3cc[n+](Cc4nc5ccccc5nc4C[n+]4ccc(-c5c(-c6ccccc6)cc(-c6ccccc6)cc5-c5ccccc5)cc4)cc3)c(-c3ccccc3)c2)cc1. The topological polar surface area (TPSA) is 33.5 Å². The molecule has 340 valence electrons. The Morgan fingerprint density at radius 3 is 0.764 bits per heavy atom. The van der Waals surface area contributed by atoms with Crippen molar-refractivity contribution < 1.29 is 9.13 Å². The van der Waals surface area contributed by atoms with Gasteiger partial charge in [-0.05, 0) is 125 Å². The number of hydrogen-bond donors (Lipinski definition) is 0. The van der Waals surface area contributed by atoms with E-state index in [4.69, 9.17) is 9.97 Å². The van der Waals surface area contributed by atoms with Gasteiger partial charge in [0.1, 0.15) is 11.4 Å². The maximum Gasteiger partial charge on any atom is 0.192 e. The van der Waals surface area contributed by atoms with Gasteiger partial charge in [-0.25, -0.2) is 9.97 Å². The minimum atomic E-state index is 0.560. The van der Waals surface area contributed by atoms with Gasteiger partial charge in [0, 0.05) is 24.3 Å². The maximum atomic E-state index is 5.29. The number of nitrogens with zero attached hydrogens (tertiary/aromatic N) is 4. The van der Waals surface area contributed by atoms with Crippen molar-refractivity contribution in [2.24, 2.45) is 0 Å². The van der Waals surface area contributed by atoms with Gasteiger partial charge in [-0.2, -0.15) is 9.13 Å². The van der Waals surface area contributed by atoms with Crippen LogP contribution in [0.2, 0.25) is 0 Å². The summed E-state index contributed by atoms with van der Waals surface area (Å²) in [4.78, 5) is 10.6. The van der Waals surface area contributed by atoms with Gasteiger partial charge in [0.05, 0.1) is 11.0 Å². The van der Waals surface area contributed by atoms with E-state index in [1.807, 2.05) is 12.1 Å². The molecule has 0 N–H and O–H groups in total. The first kappa shape index (κ1) is 43.9. The highest BCUT2D eigenvalue weighted by atomic mass is 15.0. The van der Waals surface area contributed by atoms with Crippen LogP contribution >= 0.6 is 0 Å². The summed E-state index contributed by atoms with van der Waals surface area (Å²) in [7, 11) is 0. The Morgan fingerprint density at radius 1 is 0.236 bits per heavy atom. The third kappa shape index (κ3) is 9.13. The molecule has 0 unspecified atom stereocenters. The third-order valence-corrected chi connectivity index (χ3v) is 13.6. The van der Waals surface area contributed by atoms with Gasteiger partial charge in [-0.1, -0.05) is 194 Å². The van der Waals surface area contributed by atoms with Crippen molar-refractivity contribution in [3.63, 3.8) is 0 Å². The van der Waals surface area contributed by atoms with E-state index < -0.39 is 0 Å². The van der Waals surface area contributed by atoms with Gasteiger partial charge in [-0.3, -0.25) is 0 Å². The smallest absolute Gasteiger partial charge is 0.192 e. The molecule has 0 aliphatic rings. The minimum Gasteiger partial charge on any atom is -0.242 e. The first-order valence-electron chi connectivity index (χ1n) is 24.6. The Balaban J connectivity index is 0.909. The van der Waals surface area contributed by atoms with Crippen LogP contribution in [0.5, 0.6) is 0 Å². The molecular weight excluding hydrogens is 873 g/mol. The highest BCUT2D eigenvalue weighted by Gasteiger charge is 2.22. The first-order chi connectivity index (χ1) is 35.7. The van der Waals surface area contributed by atoms with Crippen LogP contribution in [0.4, 0.5) is 0 Å². The molecule has 0 aliphatic carbocycles. The van der Waals surface area contributed by atoms with Crippen molar-refractivity contribution in [1.29, 1.82) is 0 Å². The fraction of sp³-hybridized carbons (Fsp3) is 0.0294. The fourth-order valence-electron chi connectivity index (χ4n) is 10.0. The van der Waals surface area contributed by atoms with Gasteiger partial charge in [0.25, 0.3) is 0 Å². The molecule has 9 aromatic carbocycles. The zero-order valence-electron chi connectivity index (χ0n) is 39.8. The van der Waals surface area contributed by atoms with Crippen LogP contribution in [-0.4, -0.2) is 9.97 Å². The number of benzene rings is 9. The Kier molecular flexibility index (Phi) is 12.1. The van der Waals surface area contributed by atoms with E-state index in [1.165, 1.54) is 77.9 Å². The summed E-state index contributed by atoms with van der Waals surface area (Å²) < 4.78 is 4.44. The Morgan fingerprint density at radius 2 is 0.486 bits per heavy atom. The molecule has 12 rings (SSSR count). The van der Waals surface area contributed by atoms with E-state index in [9.17, 15) is 0 Å². The van der Waals surface area contributed by atoms with Crippen LogP contribution < -0.4 is 9.13 Å². The lowest BCUT2D eigenvalue weighted by molar-refractivity contribution is -0.694. The average Bonchev–Trinajstić information content (AvgIpc) is 3.46. The van der Waals surface area contributed by atoms with E-state index in [2.05, 4.69) is 277 Å². The molecule has 0 spiro atoms. The lowest BCUT2D eigenvalue weighted by atomic mass is 9.85. The van der Waals surface area contributed by atoms with Crippen LogP contribution in [0.3, 0.4) is 0 Å². The lowest BCUT2D eigenvalue weighted by Crippen LogP contribution is -2.38. The van der Waals surface area contributed by atoms with Crippen LogP contribution in [0.1, 0.15) is 11.4 Å². The average molecular weight is 923 g/mol. The molecule has 0 amide bonds. The Hall–Kier alpha value is -9.38. The van der Waals surface area contributed by atoms with Gasteiger partial charge >= 0.3 is 0 Å². The summed E-state index contributed by atoms with van der Waals surface area (Å²) in [6.45, 7) is 1.12. The predicted molar refractivity (Wildman–Crippen MR) is 295 cm³/mol. The van der Waals surface area contributed by atoms with E-state index in [0.717, 1.165) is 33.5 Å². The predicted octanol–water partition coefficient (Wildman–Crippen LogP) is 15.6. The second-order valence-corrected chi connectivity index (χ2v) is 18.2. The van der Waals surface area contributed by atoms with Gasteiger partial charge in [-0.15, -0.1) is 0 Å². The first-order valence-corrected chi connectivity index (χ1v) is 24.6. The van der Waals surface area contributed by atoms with E-state index in [0.29, 0.717) is 13.1 Å². The Bertz CT molecular complexity index is 3410. The molecule has 4 nitrogen and oxygen atoms in total. The molecule has 4 heteroatoms. The van der Waals surface area contributed by atoms with E-state index in [1.54, 1.807) is 0 Å². The largest absolute Gasteiger partial charge is 0.242 e. The monoisotopic (exact) mass is 922 g/mol. The van der Waals surface area contributed by atoms with Crippen LogP contribution in [0, 0.1) is 0 Å². The van der Waals surface area contributed by atoms with E-state index >= 15 is 0 Å². The summed E-state index contributed by atoms with van der Waals surface area (Å²) >= 11 is 0. The second kappa shape index (κ2) is 19.9. The number of para-hydroxylation sites is 2. The maximum absolute atomic E-state index is 5.29. The van der Waals surface area contributed by atoms with Crippen LogP contribution in [0.15, 0.2) is 280 Å². The van der Waals surface area contributed by atoms with Crippen molar-refractivity contribution in [1.82, 2.24) is 9.97 Å². The molecule has 3 heterocycles. The van der Waals surface area contributed by atoms with Gasteiger partial charge < -0.3 is 0 Å². The van der Waals surface area contributed by atoms with Crippen molar-refractivity contribution >= 4 is 11.0 Å². The number of pyridine rings is 2. The molecule has 12 aromatic rings. The minimum absolute atomic E-state index is 0.560. The van der Waals surface area contributed by atoms with E-state index in [-0.39, 0.29) is 0 Å². The normalized spacial score (nSPS) is 11.2.